The van der Waals surface area contributed by atoms with E-state index in [-0.39, 0.29) is 5.82 Å². The third-order valence-corrected chi connectivity index (χ3v) is 5.33. The fourth-order valence-corrected chi connectivity index (χ4v) is 3.99. The first-order chi connectivity index (χ1) is 10.2. The van der Waals surface area contributed by atoms with Crippen LogP contribution in [0.2, 0.25) is 0 Å². The van der Waals surface area contributed by atoms with Gasteiger partial charge in [0.05, 0.1) is 0 Å². The van der Waals surface area contributed by atoms with Gasteiger partial charge in [0.15, 0.2) is 0 Å². The summed E-state index contributed by atoms with van der Waals surface area (Å²) in [7, 11) is 2.20. The lowest BCUT2D eigenvalue weighted by Gasteiger charge is -2.29. The highest BCUT2D eigenvalue weighted by Crippen LogP contribution is 2.32. The van der Waals surface area contributed by atoms with Crippen molar-refractivity contribution in [1.82, 2.24) is 4.90 Å². The first kappa shape index (κ1) is 14.7. The number of benzene rings is 1. The van der Waals surface area contributed by atoms with Gasteiger partial charge in [0.25, 0.3) is 0 Å². The molecule has 0 fully saturated rings. The van der Waals surface area contributed by atoms with Crippen molar-refractivity contribution in [3.8, 4) is 0 Å². The molecule has 1 atom stereocenters. The molecule has 0 N–H and O–H groups in total. The van der Waals surface area contributed by atoms with Crippen LogP contribution in [0.25, 0.3) is 0 Å². The van der Waals surface area contributed by atoms with E-state index in [1.54, 1.807) is 12.1 Å². The van der Waals surface area contributed by atoms with Gasteiger partial charge in [-0.25, -0.2) is 4.39 Å². The third kappa shape index (κ3) is 3.72. The predicted octanol–water partition coefficient (Wildman–Crippen LogP) is 4.48. The predicted molar refractivity (Wildman–Crippen MR) is 87.6 cm³/mol. The Morgan fingerprint density at radius 1 is 1.33 bits per heavy atom. The van der Waals surface area contributed by atoms with E-state index in [0.29, 0.717) is 5.92 Å². The number of halogens is 1. The Bertz CT molecular complexity index is 579. The molecule has 2 aromatic rings. The molecular formula is C18H22FNS. The molecule has 112 valence electrons. The summed E-state index contributed by atoms with van der Waals surface area (Å²) < 4.78 is 13.4. The number of hydrogen-bond acceptors (Lipinski definition) is 2. The van der Waals surface area contributed by atoms with E-state index in [0.717, 1.165) is 25.9 Å². The van der Waals surface area contributed by atoms with Gasteiger partial charge in [0, 0.05) is 18.0 Å². The topological polar surface area (TPSA) is 3.24 Å². The molecule has 0 saturated carbocycles. The van der Waals surface area contributed by atoms with Crippen molar-refractivity contribution in [2.45, 2.75) is 31.6 Å². The summed E-state index contributed by atoms with van der Waals surface area (Å²) >= 11 is 1.83. The van der Waals surface area contributed by atoms with E-state index in [1.807, 2.05) is 17.4 Å². The molecule has 0 bridgehead atoms. The van der Waals surface area contributed by atoms with Crippen molar-refractivity contribution in [2.24, 2.45) is 0 Å². The van der Waals surface area contributed by atoms with Crippen LogP contribution < -0.4 is 0 Å². The molecule has 0 amide bonds. The van der Waals surface area contributed by atoms with Crippen LogP contribution >= 0.6 is 11.3 Å². The van der Waals surface area contributed by atoms with Crippen LogP contribution in [0.5, 0.6) is 0 Å². The monoisotopic (exact) mass is 303 g/mol. The number of fused-ring (bicyclic) bond motifs is 1. The maximum Gasteiger partial charge on any atom is 0.123 e. The minimum Gasteiger partial charge on any atom is -0.305 e. The number of likely N-dealkylation sites (N-methyl/N-ethyl adjacent to an activating group) is 1. The SMILES string of the molecule is CN(CCc1cccs1)CC1CCCc2cc(F)ccc21. The first-order valence-corrected chi connectivity index (χ1v) is 8.59. The Labute approximate surface area is 130 Å². The Morgan fingerprint density at radius 3 is 3.05 bits per heavy atom. The zero-order chi connectivity index (χ0) is 14.7. The highest BCUT2D eigenvalue weighted by atomic mass is 32.1. The minimum atomic E-state index is -0.0968. The number of aryl methyl sites for hydroxylation is 1. The van der Waals surface area contributed by atoms with Gasteiger partial charge >= 0.3 is 0 Å². The lowest BCUT2D eigenvalue weighted by molar-refractivity contribution is 0.301. The Morgan fingerprint density at radius 2 is 2.24 bits per heavy atom. The number of hydrogen-bond donors (Lipinski definition) is 0. The van der Waals surface area contributed by atoms with Gasteiger partial charge in [-0.2, -0.15) is 0 Å². The molecule has 0 radical (unpaired) electrons. The number of nitrogens with zero attached hydrogens (tertiary/aromatic N) is 1. The molecule has 1 aliphatic rings. The smallest absolute Gasteiger partial charge is 0.123 e. The largest absolute Gasteiger partial charge is 0.305 e. The van der Waals surface area contributed by atoms with Gasteiger partial charge in [-0.1, -0.05) is 12.1 Å². The summed E-state index contributed by atoms with van der Waals surface area (Å²) in [6, 6.07) is 9.67. The molecule has 1 aromatic carbocycles. The molecule has 1 unspecified atom stereocenters. The van der Waals surface area contributed by atoms with Crippen LogP contribution in [0.1, 0.15) is 34.8 Å². The van der Waals surface area contributed by atoms with Crippen LogP contribution in [-0.4, -0.2) is 25.0 Å². The highest BCUT2D eigenvalue weighted by molar-refractivity contribution is 7.09. The normalized spacial score (nSPS) is 18.0. The maximum atomic E-state index is 13.4. The van der Waals surface area contributed by atoms with E-state index in [9.17, 15) is 4.39 Å². The average Bonchev–Trinajstić information content (AvgIpc) is 2.98. The zero-order valence-electron chi connectivity index (χ0n) is 12.5. The summed E-state index contributed by atoms with van der Waals surface area (Å²) in [5.41, 5.74) is 2.59. The summed E-state index contributed by atoms with van der Waals surface area (Å²) in [5.74, 6) is 0.461. The van der Waals surface area contributed by atoms with Crippen molar-refractivity contribution in [2.75, 3.05) is 20.1 Å². The van der Waals surface area contributed by atoms with Crippen LogP contribution in [0.3, 0.4) is 0 Å². The Hall–Kier alpha value is -1.19. The minimum absolute atomic E-state index is 0.0968. The van der Waals surface area contributed by atoms with Crippen molar-refractivity contribution in [3.63, 3.8) is 0 Å². The van der Waals surface area contributed by atoms with Crippen molar-refractivity contribution in [3.05, 3.63) is 57.5 Å². The van der Waals surface area contributed by atoms with Gasteiger partial charge < -0.3 is 4.90 Å². The molecule has 0 aliphatic heterocycles. The van der Waals surface area contributed by atoms with Crippen LogP contribution in [0, 0.1) is 5.82 Å². The first-order valence-electron chi connectivity index (χ1n) is 7.71. The summed E-state index contributed by atoms with van der Waals surface area (Å²) in [6.07, 6.45) is 4.56. The van der Waals surface area contributed by atoms with E-state index >= 15 is 0 Å². The van der Waals surface area contributed by atoms with Crippen LogP contribution in [0.15, 0.2) is 35.7 Å². The van der Waals surface area contributed by atoms with Crippen LogP contribution in [-0.2, 0) is 12.8 Å². The molecule has 1 aromatic heterocycles. The molecule has 0 saturated heterocycles. The fraction of sp³-hybridized carbons (Fsp3) is 0.444. The Kier molecular flexibility index (Phi) is 4.71. The summed E-state index contributed by atoms with van der Waals surface area (Å²) in [4.78, 5) is 3.87. The van der Waals surface area contributed by atoms with Gasteiger partial charge in [0.1, 0.15) is 5.82 Å². The van der Waals surface area contributed by atoms with Gasteiger partial charge in [-0.05, 0) is 73.4 Å². The standard InChI is InChI=1S/C18H22FNS/c1-20(10-9-17-6-3-11-21-17)13-15-5-2-4-14-12-16(19)7-8-18(14)15/h3,6-8,11-12,15H,2,4-5,9-10,13H2,1H3. The van der Waals surface area contributed by atoms with Crippen molar-refractivity contribution < 1.29 is 4.39 Å². The van der Waals surface area contributed by atoms with E-state index in [4.69, 9.17) is 0 Å². The number of rotatable bonds is 5. The maximum absolute atomic E-state index is 13.4. The molecule has 1 nitrogen and oxygen atoms in total. The second-order valence-electron chi connectivity index (χ2n) is 6.02. The van der Waals surface area contributed by atoms with Gasteiger partial charge in [-0.15, -0.1) is 11.3 Å². The Balaban J connectivity index is 1.60. The van der Waals surface area contributed by atoms with E-state index in [2.05, 4.69) is 29.5 Å². The van der Waals surface area contributed by atoms with Crippen molar-refractivity contribution >= 4 is 11.3 Å². The van der Waals surface area contributed by atoms with E-state index in [1.165, 1.54) is 28.8 Å². The molecule has 3 heteroatoms. The zero-order valence-corrected chi connectivity index (χ0v) is 13.3. The molecule has 0 spiro atoms. The van der Waals surface area contributed by atoms with Gasteiger partial charge in [-0.3, -0.25) is 0 Å². The second kappa shape index (κ2) is 6.71. The lowest BCUT2D eigenvalue weighted by atomic mass is 9.82. The second-order valence-corrected chi connectivity index (χ2v) is 7.06. The molecular weight excluding hydrogens is 281 g/mol. The van der Waals surface area contributed by atoms with Gasteiger partial charge in [0.2, 0.25) is 0 Å². The lowest BCUT2D eigenvalue weighted by Crippen LogP contribution is -2.28. The molecule has 21 heavy (non-hydrogen) atoms. The summed E-state index contributed by atoms with van der Waals surface area (Å²) in [6.45, 7) is 2.16. The van der Waals surface area contributed by atoms with E-state index < -0.39 is 0 Å². The molecule has 1 aliphatic carbocycles. The summed E-state index contributed by atoms with van der Waals surface area (Å²) in [5, 5.41) is 2.14. The molecule has 3 rings (SSSR count). The van der Waals surface area contributed by atoms with Crippen molar-refractivity contribution in [1.29, 1.82) is 0 Å². The quantitative estimate of drug-likeness (QED) is 0.787. The fourth-order valence-electron chi connectivity index (χ4n) is 3.30. The number of thiophene rings is 1. The highest BCUT2D eigenvalue weighted by Gasteiger charge is 2.21. The average molecular weight is 303 g/mol. The van der Waals surface area contributed by atoms with Crippen LogP contribution in [0.4, 0.5) is 4.39 Å². The molecule has 1 heterocycles. The third-order valence-electron chi connectivity index (χ3n) is 4.40.